The van der Waals surface area contributed by atoms with Gasteiger partial charge >= 0.3 is 5.97 Å². The van der Waals surface area contributed by atoms with Gasteiger partial charge in [0, 0.05) is 5.56 Å². The van der Waals surface area contributed by atoms with E-state index < -0.39 is 14.3 Å². The summed E-state index contributed by atoms with van der Waals surface area (Å²) in [7, 11) is -1.96. The van der Waals surface area contributed by atoms with Crippen molar-refractivity contribution >= 4 is 20.1 Å². The van der Waals surface area contributed by atoms with Crippen LogP contribution in [0.5, 0.6) is 0 Å². The average Bonchev–Trinajstić information content (AvgIpc) is 2.53. The largest absolute Gasteiger partial charge is 0.480 e. The number of benzene rings is 1. The number of carboxylic acid groups (broad SMARTS) is 1. The number of carboxylic acids is 1. The standard InChI is InChI=1S/C17H29N3O4Si/c1-17(2,3)25(4,5)24-11-14(19-10-15(21)22)12-6-8-13(9-7-12)16(18)20-23/h6-9,14,19,23H,10-11H2,1-5H3,(H2,18,20)(H,21,22). The number of amidine groups is 1. The summed E-state index contributed by atoms with van der Waals surface area (Å²) in [5.74, 6) is -1.03. The fraction of sp³-hybridized carbons (Fsp3) is 0.529. The molecule has 8 heteroatoms. The number of hydrogen-bond acceptors (Lipinski definition) is 5. The Morgan fingerprint density at radius 2 is 1.84 bits per heavy atom. The summed E-state index contributed by atoms with van der Waals surface area (Å²) in [5.41, 5.74) is 3.21. The maximum Gasteiger partial charge on any atom is 0.317 e. The lowest BCUT2D eigenvalue weighted by Crippen LogP contribution is -2.43. The second-order valence-corrected chi connectivity index (χ2v) is 12.3. The number of carbonyl (C=O) groups is 1. The lowest BCUT2D eigenvalue weighted by Gasteiger charge is -2.37. The molecule has 0 aliphatic rings. The molecule has 25 heavy (non-hydrogen) atoms. The molecule has 1 aromatic rings. The van der Waals surface area contributed by atoms with Crippen LogP contribution in [-0.2, 0) is 9.22 Å². The highest BCUT2D eigenvalue weighted by Crippen LogP contribution is 2.37. The van der Waals surface area contributed by atoms with E-state index in [0.717, 1.165) is 5.56 Å². The van der Waals surface area contributed by atoms with E-state index in [2.05, 4.69) is 39.2 Å². The summed E-state index contributed by atoms with van der Waals surface area (Å²) < 4.78 is 6.23. The molecule has 0 saturated carbocycles. The van der Waals surface area contributed by atoms with E-state index in [9.17, 15) is 4.79 Å². The molecule has 1 rings (SSSR count). The molecule has 0 aromatic heterocycles. The molecule has 7 nitrogen and oxygen atoms in total. The Labute approximate surface area is 150 Å². The molecule has 0 aliphatic carbocycles. The maximum absolute atomic E-state index is 10.9. The van der Waals surface area contributed by atoms with Crippen LogP contribution >= 0.6 is 0 Å². The zero-order valence-corrected chi connectivity index (χ0v) is 16.5. The maximum atomic E-state index is 10.9. The molecule has 1 unspecified atom stereocenters. The molecule has 0 radical (unpaired) electrons. The zero-order chi connectivity index (χ0) is 19.3. The summed E-state index contributed by atoms with van der Waals surface area (Å²) in [6.07, 6.45) is 0. The topological polar surface area (TPSA) is 115 Å². The first-order valence-electron chi connectivity index (χ1n) is 8.16. The van der Waals surface area contributed by atoms with Gasteiger partial charge in [-0.2, -0.15) is 0 Å². The summed E-state index contributed by atoms with van der Waals surface area (Å²) in [6.45, 7) is 11.0. The van der Waals surface area contributed by atoms with E-state index in [1.165, 1.54) is 0 Å². The molecular formula is C17H29N3O4Si. The molecule has 0 amide bonds. The highest BCUT2D eigenvalue weighted by molar-refractivity contribution is 6.74. The van der Waals surface area contributed by atoms with Crippen molar-refractivity contribution in [1.29, 1.82) is 5.41 Å². The van der Waals surface area contributed by atoms with Gasteiger partial charge in [0.05, 0.1) is 19.2 Å². The third kappa shape index (κ3) is 6.24. The van der Waals surface area contributed by atoms with Crippen molar-refractivity contribution in [2.24, 2.45) is 0 Å². The smallest absolute Gasteiger partial charge is 0.317 e. The van der Waals surface area contributed by atoms with Gasteiger partial charge in [-0.3, -0.25) is 26.2 Å². The molecule has 0 saturated heterocycles. The molecular weight excluding hydrogens is 338 g/mol. The van der Waals surface area contributed by atoms with Crippen molar-refractivity contribution in [3.05, 3.63) is 35.4 Å². The van der Waals surface area contributed by atoms with Crippen LogP contribution in [0, 0.1) is 5.41 Å². The molecule has 0 heterocycles. The zero-order valence-electron chi connectivity index (χ0n) is 15.5. The number of rotatable bonds is 8. The van der Waals surface area contributed by atoms with Crippen LogP contribution < -0.4 is 10.8 Å². The van der Waals surface area contributed by atoms with Crippen LogP contribution in [0.25, 0.3) is 0 Å². The predicted octanol–water partition coefficient (Wildman–Crippen LogP) is 2.73. The second-order valence-electron chi connectivity index (χ2n) is 7.51. The molecule has 1 aromatic carbocycles. The molecule has 1 atom stereocenters. The number of aliphatic carboxylic acids is 1. The van der Waals surface area contributed by atoms with Crippen molar-refractivity contribution in [2.75, 3.05) is 13.2 Å². The molecule has 0 bridgehead atoms. The fourth-order valence-electron chi connectivity index (χ4n) is 1.94. The van der Waals surface area contributed by atoms with E-state index in [1.54, 1.807) is 29.7 Å². The molecule has 0 fully saturated rings. The van der Waals surface area contributed by atoms with Gasteiger partial charge in [0.25, 0.3) is 0 Å². The Hall–Kier alpha value is -1.74. The molecule has 0 aliphatic heterocycles. The van der Waals surface area contributed by atoms with E-state index in [0.29, 0.717) is 12.2 Å². The minimum atomic E-state index is -1.96. The highest BCUT2D eigenvalue weighted by atomic mass is 28.4. The number of nitrogens with one attached hydrogen (secondary N) is 3. The van der Waals surface area contributed by atoms with E-state index in [1.807, 2.05) is 0 Å². The summed E-state index contributed by atoms with van der Waals surface area (Å²) in [5, 5.41) is 28.4. The Morgan fingerprint density at radius 1 is 1.28 bits per heavy atom. The fourth-order valence-corrected chi connectivity index (χ4v) is 2.95. The summed E-state index contributed by atoms with van der Waals surface area (Å²) in [6, 6.07) is 6.73. The van der Waals surface area contributed by atoms with Crippen molar-refractivity contribution in [2.45, 2.75) is 44.9 Å². The van der Waals surface area contributed by atoms with E-state index in [4.69, 9.17) is 20.1 Å². The SMILES string of the molecule is CC(C)(C)[Si](C)(C)OCC(NCC(=O)O)c1ccc(C(=N)NO)cc1. The van der Waals surface area contributed by atoms with Crippen LogP contribution in [0.4, 0.5) is 0 Å². The van der Waals surface area contributed by atoms with Gasteiger partial charge in [0.2, 0.25) is 0 Å². The minimum Gasteiger partial charge on any atom is -0.480 e. The first-order valence-corrected chi connectivity index (χ1v) is 11.1. The minimum absolute atomic E-state index is 0.0656. The van der Waals surface area contributed by atoms with Gasteiger partial charge < -0.3 is 9.53 Å². The van der Waals surface area contributed by atoms with Crippen molar-refractivity contribution < 1.29 is 19.5 Å². The van der Waals surface area contributed by atoms with Gasteiger partial charge in [0.1, 0.15) is 5.84 Å². The van der Waals surface area contributed by atoms with Crippen LogP contribution in [0.1, 0.15) is 37.9 Å². The van der Waals surface area contributed by atoms with Gasteiger partial charge in [-0.05, 0) is 23.7 Å². The quantitative estimate of drug-likeness (QED) is 0.209. The highest BCUT2D eigenvalue weighted by Gasteiger charge is 2.37. The Balaban J connectivity index is 2.93. The molecule has 5 N–H and O–H groups in total. The lowest BCUT2D eigenvalue weighted by molar-refractivity contribution is -0.136. The molecule has 0 spiro atoms. The number of hydroxylamine groups is 1. The monoisotopic (exact) mass is 367 g/mol. The van der Waals surface area contributed by atoms with Crippen molar-refractivity contribution in [3.8, 4) is 0 Å². The summed E-state index contributed by atoms with van der Waals surface area (Å²) >= 11 is 0. The van der Waals surface area contributed by atoms with Gasteiger partial charge in [-0.25, -0.2) is 0 Å². The van der Waals surface area contributed by atoms with Crippen LogP contribution in [-0.4, -0.2) is 43.6 Å². The predicted molar refractivity (Wildman–Crippen MR) is 99.7 cm³/mol. The van der Waals surface area contributed by atoms with Crippen LogP contribution in [0.2, 0.25) is 18.1 Å². The van der Waals surface area contributed by atoms with E-state index in [-0.39, 0.29) is 23.5 Å². The van der Waals surface area contributed by atoms with Crippen molar-refractivity contribution in [1.82, 2.24) is 10.8 Å². The third-order valence-corrected chi connectivity index (χ3v) is 9.13. The van der Waals surface area contributed by atoms with Crippen LogP contribution in [0.15, 0.2) is 24.3 Å². The van der Waals surface area contributed by atoms with Crippen LogP contribution in [0.3, 0.4) is 0 Å². The van der Waals surface area contributed by atoms with Gasteiger partial charge in [-0.1, -0.05) is 45.0 Å². The summed E-state index contributed by atoms with van der Waals surface area (Å²) in [4.78, 5) is 10.9. The van der Waals surface area contributed by atoms with Crippen molar-refractivity contribution in [3.63, 3.8) is 0 Å². The van der Waals surface area contributed by atoms with Gasteiger partial charge in [-0.15, -0.1) is 0 Å². The lowest BCUT2D eigenvalue weighted by atomic mass is 10.0. The van der Waals surface area contributed by atoms with E-state index >= 15 is 0 Å². The number of hydrogen-bond donors (Lipinski definition) is 5. The average molecular weight is 368 g/mol. The second kappa shape index (κ2) is 8.57. The van der Waals surface area contributed by atoms with Gasteiger partial charge in [0.15, 0.2) is 8.32 Å². The third-order valence-electron chi connectivity index (χ3n) is 4.63. The molecule has 140 valence electrons. The Kier molecular flexibility index (Phi) is 7.30. The normalized spacial score (nSPS) is 13.4. The first-order chi connectivity index (χ1) is 11.5. The first kappa shape index (κ1) is 21.3. The Morgan fingerprint density at radius 3 is 2.28 bits per heavy atom. The Bertz CT molecular complexity index is 597.